The minimum Gasteiger partial charge on any atom is -0.365 e. The average Bonchev–Trinajstić information content (AvgIpc) is 2.82. The van der Waals surface area contributed by atoms with Crippen LogP contribution in [0.2, 0.25) is 5.02 Å². The van der Waals surface area contributed by atoms with Crippen LogP contribution < -0.4 is 5.32 Å². The van der Waals surface area contributed by atoms with Crippen molar-refractivity contribution in [1.82, 2.24) is 9.88 Å². The third kappa shape index (κ3) is 3.55. The van der Waals surface area contributed by atoms with Crippen LogP contribution in [0.15, 0.2) is 48.7 Å². The van der Waals surface area contributed by atoms with E-state index in [-0.39, 0.29) is 0 Å². The van der Waals surface area contributed by atoms with Gasteiger partial charge in [0, 0.05) is 31.4 Å². The molecule has 0 spiro atoms. The Kier molecular flexibility index (Phi) is 4.42. The van der Waals surface area contributed by atoms with Crippen molar-refractivity contribution in [1.29, 1.82) is 0 Å². The standard InChI is InChI=1S/C17H20ClN3/c1-13-10-15(20-17-16(18)8-5-9-19-17)12-21(13)11-14-6-3-2-4-7-14/h2-9,13,15H,10-12H2,1H3,(H,19,20). The maximum atomic E-state index is 6.17. The van der Waals surface area contributed by atoms with Gasteiger partial charge in [-0.3, -0.25) is 4.90 Å². The lowest BCUT2D eigenvalue weighted by molar-refractivity contribution is 0.259. The number of pyridine rings is 1. The van der Waals surface area contributed by atoms with Gasteiger partial charge in [0.1, 0.15) is 5.82 Å². The highest BCUT2D eigenvalue weighted by atomic mass is 35.5. The Hall–Kier alpha value is -1.58. The molecule has 1 aromatic carbocycles. The first-order valence-corrected chi connectivity index (χ1v) is 7.75. The van der Waals surface area contributed by atoms with Gasteiger partial charge in [-0.25, -0.2) is 4.98 Å². The van der Waals surface area contributed by atoms with E-state index in [4.69, 9.17) is 11.6 Å². The molecule has 2 unspecified atom stereocenters. The Bertz CT molecular complexity index is 588. The van der Waals surface area contributed by atoms with Gasteiger partial charge in [0.25, 0.3) is 0 Å². The highest BCUT2D eigenvalue weighted by Gasteiger charge is 2.29. The summed E-state index contributed by atoms with van der Waals surface area (Å²) in [7, 11) is 0. The van der Waals surface area contributed by atoms with Crippen molar-refractivity contribution in [2.24, 2.45) is 0 Å². The lowest BCUT2D eigenvalue weighted by Gasteiger charge is -2.21. The monoisotopic (exact) mass is 301 g/mol. The van der Waals surface area contributed by atoms with Gasteiger partial charge in [0.15, 0.2) is 0 Å². The Labute approximate surface area is 131 Å². The molecule has 0 bridgehead atoms. The molecule has 0 amide bonds. The Morgan fingerprint density at radius 3 is 2.81 bits per heavy atom. The quantitative estimate of drug-likeness (QED) is 0.931. The lowest BCUT2D eigenvalue weighted by Crippen LogP contribution is -2.28. The minimum atomic E-state index is 0.399. The van der Waals surface area contributed by atoms with Crippen LogP contribution in [0.5, 0.6) is 0 Å². The van der Waals surface area contributed by atoms with Crippen LogP contribution in [0, 0.1) is 0 Å². The molecule has 1 fully saturated rings. The second-order valence-electron chi connectivity index (χ2n) is 5.67. The first-order chi connectivity index (χ1) is 10.2. The molecule has 2 atom stereocenters. The number of nitrogens with zero attached hydrogens (tertiary/aromatic N) is 2. The van der Waals surface area contributed by atoms with Gasteiger partial charge in [-0.05, 0) is 31.0 Å². The van der Waals surface area contributed by atoms with E-state index >= 15 is 0 Å². The number of likely N-dealkylation sites (tertiary alicyclic amines) is 1. The smallest absolute Gasteiger partial charge is 0.145 e. The zero-order valence-corrected chi connectivity index (χ0v) is 12.9. The summed E-state index contributed by atoms with van der Waals surface area (Å²) in [5.74, 6) is 0.790. The van der Waals surface area contributed by atoms with Crippen LogP contribution in [0.3, 0.4) is 0 Å². The van der Waals surface area contributed by atoms with Crippen molar-refractivity contribution in [3.63, 3.8) is 0 Å². The molecule has 4 heteroatoms. The van der Waals surface area contributed by atoms with Crippen LogP contribution >= 0.6 is 11.6 Å². The van der Waals surface area contributed by atoms with Crippen LogP contribution in [-0.4, -0.2) is 28.5 Å². The summed E-state index contributed by atoms with van der Waals surface area (Å²) in [4.78, 5) is 6.82. The minimum absolute atomic E-state index is 0.399. The van der Waals surface area contributed by atoms with Crippen molar-refractivity contribution in [3.05, 3.63) is 59.2 Å². The summed E-state index contributed by atoms with van der Waals surface area (Å²) in [5, 5.41) is 4.16. The first kappa shape index (κ1) is 14.4. The third-order valence-electron chi connectivity index (χ3n) is 4.03. The van der Waals surface area contributed by atoms with Gasteiger partial charge >= 0.3 is 0 Å². The zero-order chi connectivity index (χ0) is 14.7. The number of rotatable bonds is 4. The molecule has 1 saturated heterocycles. The van der Waals surface area contributed by atoms with E-state index in [9.17, 15) is 0 Å². The third-order valence-corrected chi connectivity index (χ3v) is 4.34. The molecule has 2 aromatic rings. The maximum absolute atomic E-state index is 6.17. The number of halogens is 1. The van der Waals surface area contributed by atoms with Gasteiger partial charge < -0.3 is 5.32 Å². The van der Waals surface area contributed by atoms with E-state index in [0.29, 0.717) is 17.1 Å². The fraction of sp³-hybridized carbons (Fsp3) is 0.353. The molecule has 3 rings (SSSR count). The summed E-state index contributed by atoms with van der Waals surface area (Å²) in [6.07, 6.45) is 2.88. The normalized spacial score (nSPS) is 22.4. The second kappa shape index (κ2) is 6.46. The Morgan fingerprint density at radius 2 is 2.05 bits per heavy atom. The number of hydrogen-bond donors (Lipinski definition) is 1. The van der Waals surface area contributed by atoms with Crippen LogP contribution in [0.1, 0.15) is 18.9 Å². The largest absolute Gasteiger partial charge is 0.365 e. The molecule has 0 aliphatic carbocycles. The predicted octanol–water partition coefficient (Wildman–Crippen LogP) is 3.81. The fourth-order valence-corrected chi connectivity index (χ4v) is 3.10. The van der Waals surface area contributed by atoms with E-state index in [2.05, 4.69) is 52.5 Å². The fourth-order valence-electron chi connectivity index (χ4n) is 2.93. The van der Waals surface area contributed by atoms with Crippen LogP contribution in [0.4, 0.5) is 5.82 Å². The summed E-state index contributed by atoms with van der Waals surface area (Å²) >= 11 is 6.17. The van der Waals surface area contributed by atoms with E-state index in [1.165, 1.54) is 5.56 Å². The average molecular weight is 302 g/mol. The predicted molar refractivity (Wildman–Crippen MR) is 87.6 cm³/mol. The second-order valence-corrected chi connectivity index (χ2v) is 6.08. The molecule has 1 N–H and O–H groups in total. The number of nitrogens with one attached hydrogen (secondary N) is 1. The molecular weight excluding hydrogens is 282 g/mol. The first-order valence-electron chi connectivity index (χ1n) is 7.37. The van der Waals surface area contributed by atoms with E-state index in [1.807, 2.05) is 12.1 Å². The number of hydrogen-bond acceptors (Lipinski definition) is 3. The molecule has 1 aromatic heterocycles. The molecule has 0 saturated carbocycles. The van der Waals surface area contributed by atoms with Crippen molar-refractivity contribution < 1.29 is 0 Å². The van der Waals surface area contributed by atoms with Crippen molar-refractivity contribution in [2.75, 3.05) is 11.9 Å². The molecule has 110 valence electrons. The van der Waals surface area contributed by atoms with Crippen LogP contribution in [-0.2, 0) is 6.54 Å². The van der Waals surface area contributed by atoms with Crippen molar-refractivity contribution in [2.45, 2.75) is 32.0 Å². The van der Waals surface area contributed by atoms with Crippen molar-refractivity contribution in [3.8, 4) is 0 Å². The van der Waals surface area contributed by atoms with Crippen LogP contribution in [0.25, 0.3) is 0 Å². The SMILES string of the molecule is CC1CC(Nc2ncccc2Cl)CN1Cc1ccccc1. The van der Waals surface area contributed by atoms with Gasteiger partial charge in [-0.15, -0.1) is 0 Å². The maximum Gasteiger partial charge on any atom is 0.145 e. The summed E-state index contributed by atoms with van der Waals surface area (Å²) < 4.78 is 0. The molecule has 1 aliphatic rings. The molecule has 1 aliphatic heterocycles. The van der Waals surface area contributed by atoms with Gasteiger partial charge in [-0.1, -0.05) is 41.9 Å². The highest BCUT2D eigenvalue weighted by Crippen LogP contribution is 2.25. The molecule has 3 nitrogen and oxygen atoms in total. The van der Waals surface area contributed by atoms with E-state index in [0.717, 1.165) is 25.3 Å². The summed E-state index contributed by atoms with van der Waals surface area (Å²) in [5.41, 5.74) is 1.36. The van der Waals surface area contributed by atoms with E-state index < -0.39 is 0 Å². The summed E-state index contributed by atoms with van der Waals surface area (Å²) in [6.45, 7) is 4.30. The zero-order valence-electron chi connectivity index (χ0n) is 12.2. The summed E-state index contributed by atoms with van der Waals surface area (Å²) in [6, 6.07) is 15.3. The molecular formula is C17H20ClN3. The lowest BCUT2D eigenvalue weighted by atomic mass is 10.2. The number of aromatic nitrogens is 1. The molecule has 2 heterocycles. The molecule has 0 radical (unpaired) electrons. The number of anilines is 1. The number of benzene rings is 1. The van der Waals surface area contributed by atoms with E-state index in [1.54, 1.807) is 6.20 Å². The van der Waals surface area contributed by atoms with Gasteiger partial charge in [0.2, 0.25) is 0 Å². The van der Waals surface area contributed by atoms with Crippen molar-refractivity contribution >= 4 is 17.4 Å². The topological polar surface area (TPSA) is 28.2 Å². The Balaban J connectivity index is 1.62. The van der Waals surface area contributed by atoms with Gasteiger partial charge in [-0.2, -0.15) is 0 Å². The Morgan fingerprint density at radius 1 is 1.24 bits per heavy atom. The van der Waals surface area contributed by atoms with Gasteiger partial charge in [0.05, 0.1) is 5.02 Å². The molecule has 21 heavy (non-hydrogen) atoms. The highest BCUT2D eigenvalue weighted by molar-refractivity contribution is 6.32.